The lowest BCUT2D eigenvalue weighted by Gasteiger charge is -2.25. The van der Waals surface area contributed by atoms with Gasteiger partial charge in [0.15, 0.2) is 5.03 Å². The number of piperidine rings is 1. The van der Waals surface area contributed by atoms with E-state index in [1.807, 2.05) is 48.5 Å². The van der Waals surface area contributed by atoms with Crippen LogP contribution in [0.5, 0.6) is 0 Å². The minimum absolute atomic E-state index is 0. The highest BCUT2D eigenvalue weighted by atomic mass is 35.5. The second-order valence-corrected chi connectivity index (χ2v) is 9.26. The zero-order valence-corrected chi connectivity index (χ0v) is 19.1. The van der Waals surface area contributed by atoms with Crippen molar-refractivity contribution in [3.63, 3.8) is 0 Å². The van der Waals surface area contributed by atoms with Crippen LogP contribution in [0, 0.1) is 0 Å². The number of halogens is 2. The summed E-state index contributed by atoms with van der Waals surface area (Å²) >= 11 is 0. The predicted molar refractivity (Wildman–Crippen MR) is 130 cm³/mol. The maximum atomic E-state index is 13.6. The Kier molecular flexibility index (Phi) is 7.11. The van der Waals surface area contributed by atoms with Crippen molar-refractivity contribution in [2.75, 3.05) is 18.4 Å². The van der Waals surface area contributed by atoms with Gasteiger partial charge in [-0.2, -0.15) is 5.10 Å². The van der Waals surface area contributed by atoms with Crippen LogP contribution in [0.2, 0.25) is 0 Å². The maximum Gasteiger partial charge on any atom is 0.226 e. The second-order valence-electron chi connectivity index (χ2n) is 7.43. The third-order valence-electron chi connectivity index (χ3n) is 5.51. The molecule has 4 aromatic rings. The van der Waals surface area contributed by atoms with E-state index in [0.29, 0.717) is 16.3 Å². The standard InChI is InChI=1S/C22H22N4O2S.2ClH/c27-29(28,20-12-3-7-15-6-1-2-9-17(15)20)22-21-18(10-4-11-19(21)25-26-22)24-16-8-5-13-23-14-16;;/h1-4,6-7,9-12,16,23-24H,5,8,13-14H2,(H,25,26);2*1H. The van der Waals surface area contributed by atoms with Crippen molar-refractivity contribution in [3.8, 4) is 0 Å². The third kappa shape index (κ3) is 4.23. The molecule has 6 nitrogen and oxygen atoms in total. The molecule has 0 amide bonds. The van der Waals surface area contributed by atoms with E-state index in [0.717, 1.165) is 37.0 Å². The predicted octanol–water partition coefficient (Wildman–Crippen LogP) is 4.56. The molecule has 0 radical (unpaired) electrons. The Morgan fingerprint density at radius 2 is 1.74 bits per heavy atom. The first-order chi connectivity index (χ1) is 14.1. The Labute approximate surface area is 193 Å². The number of fused-ring (bicyclic) bond motifs is 2. The van der Waals surface area contributed by atoms with E-state index in [4.69, 9.17) is 0 Å². The fraction of sp³-hybridized carbons (Fsp3) is 0.227. The van der Waals surface area contributed by atoms with Crippen LogP contribution in [0.4, 0.5) is 5.69 Å². The first-order valence-electron chi connectivity index (χ1n) is 9.82. The highest BCUT2D eigenvalue weighted by molar-refractivity contribution is 7.91. The molecule has 1 saturated heterocycles. The zero-order chi connectivity index (χ0) is 19.8. The molecule has 1 aromatic heterocycles. The first-order valence-corrected chi connectivity index (χ1v) is 11.3. The van der Waals surface area contributed by atoms with Crippen molar-refractivity contribution in [2.24, 2.45) is 0 Å². The van der Waals surface area contributed by atoms with Crippen LogP contribution in [-0.4, -0.2) is 37.7 Å². The van der Waals surface area contributed by atoms with Crippen LogP contribution < -0.4 is 10.6 Å². The molecule has 1 atom stereocenters. The van der Waals surface area contributed by atoms with Gasteiger partial charge in [0.1, 0.15) is 0 Å². The molecule has 1 aliphatic heterocycles. The number of aromatic nitrogens is 2. The molecule has 9 heteroatoms. The molecule has 5 rings (SSSR count). The molecule has 1 fully saturated rings. The number of H-pyrrole nitrogens is 1. The van der Waals surface area contributed by atoms with Gasteiger partial charge < -0.3 is 10.6 Å². The molecular weight excluding hydrogens is 455 g/mol. The Morgan fingerprint density at radius 1 is 0.968 bits per heavy atom. The number of nitrogens with one attached hydrogen (secondary N) is 3. The summed E-state index contributed by atoms with van der Waals surface area (Å²) in [5, 5.41) is 16.3. The number of aromatic amines is 1. The van der Waals surface area contributed by atoms with Crippen LogP contribution in [-0.2, 0) is 9.84 Å². The summed E-state index contributed by atoms with van der Waals surface area (Å²) in [7, 11) is -3.81. The average molecular weight is 479 g/mol. The second kappa shape index (κ2) is 9.44. The number of nitrogens with zero attached hydrogens (tertiary/aromatic N) is 1. The summed E-state index contributed by atoms with van der Waals surface area (Å²) < 4.78 is 27.3. The van der Waals surface area contributed by atoms with Crippen LogP contribution >= 0.6 is 24.8 Å². The van der Waals surface area contributed by atoms with Gasteiger partial charge in [-0.15, -0.1) is 24.8 Å². The number of rotatable bonds is 4. The lowest BCUT2D eigenvalue weighted by molar-refractivity contribution is 0.480. The molecule has 0 spiro atoms. The minimum Gasteiger partial charge on any atom is -0.380 e. The van der Waals surface area contributed by atoms with E-state index in [1.54, 1.807) is 12.1 Å². The van der Waals surface area contributed by atoms with E-state index >= 15 is 0 Å². The molecular formula is C22H24Cl2N4O2S. The molecule has 164 valence electrons. The van der Waals surface area contributed by atoms with Gasteiger partial charge in [-0.3, -0.25) is 5.10 Å². The Morgan fingerprint density at radius 3 is 2.55 bits per heavy atom. The quantitative estimate of drug-likeness (QED) is 0.400. The van der Waals surface area contributed by atoms with Crippen molar-refractivity contribution in [3.05, 3.63) is 60.7 Å². The highest BCUT2D eigenvalue weighted by Gasteiger charge is 2.27. The average Bonchev–Trinajstić information content (AvgIpc) is 3.20. The Hall–Kier alpha value is -2.32. The van der Waals surface area contributed by atoms with Crippen molar-refractivity contribution in [2.45, 2.75) is 28.8 Å². The van der Waals surface area contributed by atoms with Crippen molar-refractivity contribution < 1.29 is 8.42 Å². The van der Waals surface area contributed by atoms with Gasteiger partial charge in [0, 0.05) is 23.7 Å². The SMILES string of the molecule is Cl.Cl.O=S(=O)(c1cccc2ccccc12)c1n[nH]c2cccc(NC3CCCNC3)c12. The molecule has 1 unspecified atom stereocenters. The van der Waals surface area contributed by atoms with Crippen molar-refractivity contribution >= 4 is 62.0 Å². The number of hydrogen-bond acceptors (Lipinski definition) is 5. The third-order valence-corrected chi connectivity index (χ3v) is 7.25. The van der Waals surface area contributed by atoms with Crippen LogP contribution in [0.15, 0.2) is 70.6 Å². The van der Waals surface area contributed by atoms with Gasteiger partial charge in [0.2, 0.25) is 9.84 Å². The number of hydrogen-bond donors (Lipinski definition) is 3. The Bertz CT molecular complexity index is 1300. The number of sulfone groups is 1. The van der Waals surface area contributed by atoms with E-state index in [1.165, 1.54) is 0 Å². The molecule has 3 aromatic carbocycles. The summed E-state index contributed by atoms with van der Waals surface area (Å²) in [5.41, 5.74) is 1.50. The summed E-state index contributed by atoms with van der Waals surface area (Å²) in [6.45, 7) is 1.88. The van der Waals surface area contributed by atoms with Crippen LogP contribution in [0.25, 0.3) is 21.7 Å². The maximum absolute atomic E-state index is 13.6. The summed E-state index contributed by atoms with van der Waals surface area (Å²) in [6.07, 6.45) is 2.15. The fourth-order valence-electron chi connectivity index (χ4n) is 4.09. The van der Waals surface area contributed by atoms with Gasteiger partial charge >= 0.3 is 0 Å². The zero-order valence-electron chi connectivity index (χ0n) is 16.7. The molecule has 31 heavy (non-hydrogen) atoms. The highest BCUT2D eigenvalue weighted by Crippen LogP contribution is 2.34. The lowest BCUT2D eigenvalue weighted by Crippen LogP contribution is -2.38. The van der Waals surface area contributed by atoms with E-state index < -0.39 is 9.84 Å². The van der Waals surface area contributed by atoms with Crippen LogP contribution in [0.1, 0.15) is 12.8 Å². The van der Waals surface area contributed by atoms with Gasteiger partial charge in [0.05, 0.1) is 15.8 Å². The summed E-state index contributed by atoms with van der Waals surface area (Å²) in [4.78, 5) is 0.276. The van der Waals surface area contributed by atoms with E-state index in [-0.39, 0.29) is 40.8 Å². The first kappa shape index (κ1) is 23.3. The van der Waals surface area contributed by atoms with Gasteiger partial charge in [-0.05, 0) is 43.0 Å². The molecule has 0 saturated carbocycles. The number of benzene rings is 3. The molecule has 2 heterocycles. The van der Waals surface area contributed by atoms with Crippen LogP contribution in [0.3, 0.4) is 0 Å². The van der Waals surface area contributed by atoms with Gasteiger partial charge in [-0.25, -0.2) is 8.42 Å². The van der Waals surface area contributed by atoms with Gasteiger partial charge in [0.25, 0.3) is 0 Å². The van der Waals surface area contributed by atoms with Crippen molar-refractivity contribution in [1.82, 2.24) is 15.5 Å². The number of anilines is 1. The van der Waals surface area contributed by atoms with Crippen molar-refractivity contribution in [1.29, 1.82) is 0 Å². The summed E-state index contributed by atoms with van der Waals surface area (Å²) in [6, 6.07) is 18.8. The Balaban J connectivity index is 0.00000136. The normalized spacial score (nSPS) is 16.5. The topological polar surface area (TPSA) is 86.9 Å². The fourth-order valence-corrected chi connectivity index (χ4v) is 5.68. The smallest absolute Gasteiger partial charge is 0.226 e. The molecule has 3 N–H and O–H groups in total. The molecule has 0 aliphatic carbocycles. The minimum atomic E-state index is -3.81. The largest absolute Gasteiger partial charge is 0.380 e. The molecule has 0 bridgehead atoms. The molecule has 1 aliphatic rings. The van der Waals surface area contributed by atoms with E-state index in [2.05, 4.69) is 20.8 Å². The monoisotopic (exact) mass is 478 g/mol. The van der Waals surface area contributed by atoms with E-state index in [9.17, 15) is 8.42 Å². The summed E-state index contributed by atoms with van der Waals surface area (Å²) in [5.74, 6) is 0. The lowest BCUT2D eigenvalue weighted by atomic mass is 10.1. The van der Waals surface area contributed by atoms with Gasteiger partial charge in [-0.1, -0.05) is 42.5 Å².